The molecule has 2 N–H and O–H groups in total. The molecule has 0 aromatic heterocycles. The first-order valence-electron chi connectivity index (χ1n) is 7.63. The summed E-state index contributed by atoms with van der Waals surface area (Å²) < 4.78 is 4.92. The fourth-order valence-electron chi connectivity index (χ4n) is 1.86. The van der Waals surface area contributed by atoms with Gasteiger partial charge in [0, 0.05) is 20.3 Å². The van der Waals surface area contributed by atoms with E-state index < -0.39 is 0 Å². The van der Waals surface area contributed by atoms with Crippen molar-refractivity contribution in [1.82, 2.24) is 10.6 Å². The highest BCUT2D eigenvalue weighted by Crippen LogP contribution is 2.08. The summed E-state index contributed by atoms with van der Waals surface area (Å²) in [5.74, 6) is 0.899. The molecule has 0 aliphatic heterocycles. The minimum absolute atomic E-state index is 0.0795. The Balaban J connectivity index is 3.14. The molecule has 4 nitrogen and oxygen atoms in total. The summed E-state index contributed by atoms with van der Waals surface area (Å²) in [5, 5.41) is 6.04. The molecule has 0 radical (unpaired) electrons. The maximum Gasteiger partial charge on any atom is 0.233 e. The number of methoxy groups -OCH3 is 1. The lowest BCUT2D eigenvalue weighted by Gasteiger charge is -2.07. The predicted octanol–water partition coefficient (Wildman–Crippen LogP) is 2.34. The zero-order valence-electron chi connectivity index (χ0n) is 13.0. The summed E-state index contributed by atoms with van der Waals surface area (Å²) in [4.78, 5) is 11.4. The lowest BCUT2D eigenvalue weighted by Crippen LogP contribution is -2.35. The molecule has 0 saturated heterocycles. The smallest absolute Gasteiger partial charge is 0.233 e. The van der Waals surface area contributed by atoms with Gasteiger partial charge in [-0.3, -0.25) is 4.79 Å². The van der Waals surface area contributed by atoms with Crippen LogP contribution in [-0.4, -0.2) is 39.3 Å². The van der Waals surface area contributed by atoms with E-state index in [1.165, 1.54) is 25.7 Å². The molecule has 0 aliphatic carbocycles. The highest BCUT2D eigenvalue weighted by atomic mass is 16.5. The summed E-state index contributed by atoms with van der Waals surface area (Å²) in [6.45, 7) is 7.30. The van der Waals surface area contributed by atoms with Crippen molar-refractivity contribution in [2.75, 3.05) is 33.4 Å². The first-order valence-corrected chi connectivity index (χ1v) is 7.63. The topological polar surface area (TPSA) is 50.4 Å². The normalized spacial score (nSPS) is 10.9. The third-order valence-electron chi connectivity index (χ3n) is 3.02. The number of hydrogen-bond acceptors (Lipinski definition) is 3. The third-order valence-corrected chi connectivity index (χ3v) is 3.02. The van der Waals surface area contributed by atoms with Crippen LogP contribution in [0, 0.1) is 5.92 Å². The van der Waals surface area contributed by atoms with Gasteiger partial charge >= 0.3 is 0 Å². The fourth-order valence-corrected chi connectivity index (χ4v) is 1.86. The van der Waals surface area contributed by atoms with Gasteiger partial charge in [0.2, 0.25) is 5.91 Å². The van der Waals surface area contributed by atoms with Crippen molar-refractivity contribution in [3.05, 3.63) is 0 Å². The molecule has 19 heavy (non-hydrogen) atoms. The summed E-state index contributed by atoms with van der Waals surface area (Å²) in [6.07, 6.45) is 7.26. The van der Waals surface area contributed by atoms with Crippen LogP contribution in [0.3, 0.4) is 0 Å². The van der Waals surface area contributed by atoms with E-state index in [1.807, 2.05) is 0 Å². The number of ether oxygens (including phenoxy) is 1. The van der Waals surface area contributed by atoms with Gasteiger partial charge < -0.3 is 15.4 Å². The van der Waals surface area contributed by atoms with E-state index in [0.717, 1.165) is 25.3 Å². The lowest BCUT2D eigenvalue weighted by molar-refractivity contribution is -0.120. The molecule has 0 atom stereocenters. The number of carbonyl (C=O) groups excluding carboxylic acids is 1. The van der Waals surface area contributed by atoms with Gasteiger partial charge in [-0.15, -0.1) is 0 Å². The second-order valence-corrected chi connectivity index (χ2v) is 5.47. The van der Waals surface area contributed by atoms with Crippen LogP contribution in [0.2, 0.25) is 0 Å². The average Bonchev–Trinajstić information content (AvgIpc) is 2.37. The second-order valence-electron chi connectivity index (χ2n) is 5.47. The van der Waals surface area contributed by atoms with Crippen LogP contribution in [0.4, 0.5) is 0 Å². The van der Waals surface area contributed by atoms with Gasteiger partial charge in [-0.1, -0.05) is 39.5 Å². The quantitative estimate of drug-likeness (QED) is 0.506. The molecule has 0 rings (SSSR count). The number of amides is 1. The van der Waals surface area contributed by atoms with Crippen LogP contribution in [-0.2, 0) is 9.53 Å². The average molecular weight is 272 g/mol. The number of hydrogen-bond donors (Lipinski definition) is 2. The first kappa shape index (κ1) is 18.4. The molecule has 0 unspecified atom stereocenters. The Hall–Kier alpha value is -0.610. The minimum atomic E-state index is 0.0795. The standard InChI is InChI=1S/C15H32N2O2/c1-14(2)9-6-4-5-7-10-16-13-15(18)17-11-8-12-19-3/h14,16H,4-13H2,1-3H3,(H,17,18). The third kappa shape index (κ3) is 15.3. The van der Waals surface area contributed by atoms with Gasteiger partial charge in [-0.25, -0.2) is 0 Å². The molecule has 4 heteroatoms. The molecule has 0 bridgehead atoms. The minimum Gasteiger partial charge on any atom is -0.385 e. The molecule has 0 aromatic carbocycles. The van der Waals surface area contributed by atoms with E-state index in [-0.39, 0.29) is 5.91 Å². The van der Waals surface area contributed by atoms with Crippen molar-refractivity contribution in [3.63, 3.8) is 0 Å². The van der Waals surface area contributed by atoms with Crippen molar-refractivity contribution in [2.45, 2.75) is 52.4 Å². The Bertz CT molecular complexity index is 208. The SMILES string of the molecule is COCCCNC(=O)CNCCCCCCC(C)C. The number of nitrogens with one attached hydrogen (secondary N) is 2. The number of unbranched alkanes of at least 4 members (excludes halogenated alkanes) is 3. The Morgan fingerprint density at radius 1 is 1.05 bits per heavy atom. The van der Waals surface area contributed by atoms with Crippen molar-refractivity contribution in [2.24, 2.45) is 5.92 Å². The Morgan fingerprint density at radius 2 is 1.79 bits per heavy atom. The first-order chi connectivity index (χ1) is 9.16. The number of carbonyl (C=O) groups is 1. The van der Waals surface area contributed by atoms with Crippen molar-refractivity contribution in [3.8, 4) is 0 Å². The lowest BCUT2D eigenvalue weighted by atomic mass is 10.0. The molecule has 0 heterocycles. The Labute approximate surface area is 118 Å². The predicted molar refractivity (Wildman–Crippen MR) is 80.3 cm³/mol. The molecular weight excluding hydrogens is 240 g/mol. The van der Waals surface area contributed by atoms with Gasteiger partial charge in [0.05, 0.1) is 6.54 Å². The van der Waals surface area contributed by atoms with Crippen LogP contribution < -0.4 is 10.6 Å². The van der Waals surface area contributed by atoms with Crippen LogP contribution in [0.5, 0.6) is 0 Å². The summed E-state index contributed by atoms with van der Waals surface area (Å²) in [5.41, 5.74) is 0. The van der Waals surface area contributed by atoms with Crippen molar-refractivity contribution >= 4 is 5.91 Å². The highest BCUT2D eigenvalue weighted by molar-refractivity contribution is 5.77. The molecule has 0 aliphatic rings. The molecule has 0 spiro atoms. The summed E-state index contributed by atoms with van der Waals surface area (Å²) in [6, 6.07) is 0. The zero-order chi connectivity index (χ0) is 14.3. The molecule has 0 fully saturated rings. The van der Waals surface area contributed by atoms with E-state index in [0.29, 0.717) is 19.7 Å². The van der Waals surface area contributed by atoms with E-state index in [4.69, 9.17) is 4.74 Å². The molecule has 1 amide bonds. The maximum absolute atomic E-state index is 11.4. The van der Waals surface area contributed by atoms with E-state index in [1.54, 1.807) is 7.11 Å². The molecular formula is C15H32N2O2. The molecule has 0 aromatic rings. The second kappa shape index (κ2) is 13.8. The van der Waals surface area contributed by atoms with Crippen LogP contribution in [0.1, 0.15) is 52.4 Å². The van der Waals surface area contributed by atoms with Gasteiger partial charge in [0.1, 0.15) is 0 Å². The monoisotopic (exact) mass is 272 g/mol. The summed E-state index contributed by atoms with van der Waals surface area (Å²) >= 11 is 0. The van der Waals surface area contributed by atoms with E-state index in [2.05, 4.69) is 24.5 Å². The van der Waals surface area contributed by atoms with Gasteiger partial charge in [-0.05, 0) is 25.3 Å². The fraction of sp³-hybridized carbons (Fsp3) is 0.933. The number of rotatable bonds is 13. The van der Waals surface area contributed by atoms with Crippen molar-refractivity contribution in [1.29, 1.82) is 0 Å². The molecule has 0 saturated carbocycles. The van der Waals surface area contributed by atoms with E-state index in [9.17, 15) is 4.79 Å². The van der Waals surface area contributed by atoms with Crippen LogP contribution >= 0.6 is 0 Å². The van der Waals surface area contributed by atoms with Crippen LogP contribution in [0.25, 0.3) is 0 Å². The van der Waals surface area contributed by atoms with E-state index >= 15 is 0 Å². The van der Waals surface area contributed by atoms with Crippen molar-refractivity contribution < 1.29 is 9.53 Å². The van der Waals surface area contributed by atoms with Crippen LogP contribution in [0.15, 0.2) is 0 Å². The maximum atomic E-state index is 11.4. The Morgan fingerprint density at radius 3 is 2.47 bits per heavy atom. The van der Waals surface area contributed by atoms with Gasteiger partial charge in [-0.2, -0.15) is 0 Å². The largest absolute Gasteiger partial charge is 0.385 e. The summed E-state index contributed by atoms with van der Waals surface area (Å²) in [7, 11) is 1.67. The highest BCUT2D eigenvalue weighted by Gasteiger charge is 1.99. The Kier molecular flexibility index (Phi) is 13.4. The van der Waals surface area contributed by atoms with Gasteiger partial charge in [0.25, 0.3) is 0 Å². The van der Waals surface area contributed by atoms with Gasteiger partial charge in [0.15, 0.2) is 0 Å². The molecule has 114 valence electrons. The zero-order valence-corrected chi connectivity index (χ0v) is 13.0.